The molecular formula is C19H26N4O2S. The van der Waals surface area contributed by atoms with Gasteiger partial charge in [-0.2, -0.15) is 0 Å². The van der Waals surface area contributed by atoms with Crippen molar-refractivity contribution in [3.8, 4) is 0 Å². The smallest absolute Gasteiger partial charge is 0.325 e. The fraction of sp³-hybridized carbons (Fsp3) is 0.526. The quantitative estimate of drug-likeness (QED) is 0.803. The molecule has 26 heavy (non-hydrogen) atoms. The van der Waals surface area contributed by atoms with Crippen LogP contribution in [0.3, 0.4) is 0 Å². The van der Waals surface area contributed by atoms with Crippen LogP contribution in [0.2, 0.25) is 0 Å². The summed E-state index contributed by atoms with van der Waals surface area (Å²) in [6.07, 6.45) is 6.19. The molecule has 0 aliphatic carbocycles. The molecule has 1 N–H and O–H groups in total. The summed E-state index contributed by atoms with van der Waals surface area (Å²) in [5.74, 6) is 0.0987. The van der Waals surface area contributed by atoms with Gasteiger partial charge >= 0.3 is 5.97 Å². The number of hydrogen-bond donors (Lipinski definition) is 1. The Morgan fingerprint density at radius 1 is 1.31 bits per heavy atom. The number of aliphatic carboxylic acids is 1. The number of hydrogen-bond acceptors (Lipinski definition) is 6. The fourth-order valence-corrected chi connectivity index (χ4v) is 4.20. The van der Waals surface area contributed by atoms with Gasteiger partial charge in [-0.05, 0) is 51.3 Å². The first-order valence-electron chi connectivity index (χ1n) is 9.09. The first-order chi connectivity index (χ1) is 12.6. The SMILES string of the molecule is Cc1ncsc1CCN(C)C(C(=O)O)c1ccc(N2CCCCC2)nc1. The molecule has 1 aliphatic heterocycles. The molecule has 0 amide bonds. The second kappa shape index (κ2) is 8.60. The number of anilines is 1. The van der Waals surface area contributed by atoms with Gasteiger partial charge in [0.25, 0.3) is 0 Å². The van der Waals surface area contributed by atoms with Gasteiger partial charge in [0.15, 0.2) is 0 Å². The topological polar surface area (TPSA) is 69.6 Å². The zero-order chi connectivity index (χ0) is 18.5. The van der Waals surface area contributed by atoms with Crippen molar-refractivity contribution in [3.63, 3.8) is 0 Å². The van der Waals surface area contributed by atoms with Gasteiger partial charge in [-0.25, -0.2) is 9.97 Å². The maximum Gasteiger partial charge on any atom is 0.325 e. The average Bonchev–Trinajstić information content (AvgIpc) is 3.06. The molecule has 0 spiro atoms. The molecule has 0 aromatic carbocycles. The normalized spacial score (nSPS) is 16.0. The second-order valence-corrected chi connectivity index (χ2v) is 7.77. The number of pyridine rings is 1. The highest BCUT2D eigenvalue weighted by atomic mass is 32.1. The summed E-state index contributed by atoms with van der Waals surface area (Å²) in [6, 6.07) is 3.17. The Balaban J connectivity index is 1.68. The molecule has 3 rings (SSSR count). The number of likely N-dealkylation sites (N-methyl/N-ethyl adjacent to an activating group) is 1. The summed E-state index contributed by atoms with van der Waals surface area (Å²) in [6.45, 7) is 4.71. The minimum Gasteiger partial charge on any atom is -0.480 e. The Bertz CT molecular complexity index is 725. The van der Waals surface area contributed by atoms with E-state index >= 15 is 0 Å². The van der Waals surface area contributed by atoms with Crippen molar-refractivity contribution < 1.29 is 9.90 Å². The maximum atomic E-state index is 11.9. The van der Waals surface area contributed by atoms with Crippen LogP contribution in [-0.2, 0) is 11.2 Å². The van der Waals surface area contributed by atoms with Gasteiger partial charge in [0.2, 0.25) is 0 Å². The van der Waals surface area contributed by atoms with E-state index in [0.717, 1.165) is 36.6 Å². The Morgan fingerprint density at radius 3 is 2.65 bits per heavy atom. The number of piperidine rings is 1. The predicted molar refractivity (Wildman–Crippen MR) is 104 cm³/mol. The van der Waals surface area contributed by atoms with Crippen LogP contribution < -0.4 is 4.90 Å². The molecule has 1 saturated heterocycles. The van der Waals surface area contributed by atoms with Crippen LogP contribution >= 0.6 is 11.3 Å². The molecule has 0 bridgehead atoms. The average molecular weight is 375 g/mol. The number of thiazole rings is 1. The number of nitrogens with zero attached hydrogens (tertiary/aromatic N) is 4. The molecule has 3 heterocycles. The van der Waals surface area contributed by atoms with E-state index in [1.54, 1.807) is 17.5 Å². The van der Waals surface area contributed by atoms with Crippen LogP contribution in [0.25, 0.3) is 0 Å². The molecule has 140 valence electrons. The molecule has 7 heteroatoms. The van der Waals surface area contributed by atoms with Crippen molar-refractivity contribution in [2.45, 2.75) is 38.6 Å². The summed E-state index contributed by atoms with van der Waals surface area (Å²) < 4.78 is 0. The van der Waals surface area contributed by atoms with Crippen molar-refractivity contribution in [2.24, 2.45) is 0 Å². The van der Waals surface area contributed by atoms with Gasteiger partial charge in [-0.15, -0.1) is 11.3 Å². The molecule has 1 fully saturated rings. The number of aryl methyl sites for hydroxylation is 1. The van der Waals surface area contributed by atoms with E-state index in [9.17, 15) is 9.90 Å². The van der Waals surface area contributed by atoms with Gasteiger partial charge in [-0.1, -0.05) is 6.07 Å². The Hall–Kier alpha value is -1.99. The van der Waals surface area contributed by atoms with E-state index in [4.69, 9.17) is 0 Å². The Morgan fingerprint density at radius 2 is 2.08 bits per heavy atom. The number of carboxylic acids is 1. The summed E-state index contributed by atoms with van der Waals surface area (Å²) in [4.78, 5) is 26.0. The van der Waals surface area contributed by atoms with E-state index in [-0.39, 0.29) is 0 Å². The molecule has 1 aliphatic rings. The highest BCUT2D eigenvalue weighted by Crippen LogP contribution is 2.24. The summed E-state index contributed by atoms with van der Waals surface area (Å²) in [7, 11) is 1.85. The van der Waals surface area contributed by atoms with E-state index in [0.29, 0.717) is 6.54 Å². The van der Waals surface area contributed by atoms with Gasteiger partial charge in [-0.3, -0.25) is 9.69 Å². The molecular weight excluding hydrogens is 348 g/mol. The van der Waals surface area contributed by atoms with E-state index < -0.39 is 12.0 Å². The van der Waals surface area contributed by atoms with Crippen LogP contribution in [0, 0.1) is 6.92 Å². The summed E-state index contributed by atoms with van der Waals surface area (Å²) >= 11 is 1.62. The second-order valence-electron chi connectivity index (χ2n) is 6.83. The van der Waals surface area contributed by atoms with Crippen LogP contribution in [0.4, 0.5) is 5.82 Å². The lowest BCUT2D eigenvalue weighted by Gasteiger charge is -2.28. The van der Waals surface area contributed by atoms with Gasteiger partial charge in [0, 0.05) is 30.7 Å². The number of rotatable bonds is 7. The first kappa shape index (κ1) is 18.8. The van der Waals surface area contributed by atoms with Gasteiger partial charge in [0.1, 0.15) is 11.9 Å². The zero-order valence-electron chi connectivity index (χ0n) is 15.4. The number of carboxylic acid groups (broad SMARTS) is 1. The van der Waals surface area contributed by atoms with Crippen LogP contribution in [0.15, 0.2) is 23.8 Å². The van der Waals surface area contributed by atoms with Crippen molar-refractivity contribution >= 4 is 23.1 Å². The van der Waals surface area contributed by atoms with Crippen LogP contribution in [0.1, 0.15) is 41.4 Å². The van der Waals surface area contributed by atoms with E-state index in [1.807, 2.05) is 36.5 Å². The lowest BCUT2D eigenvalue weighted by molar-refractivity contribution is -0.143. The van der Waals surface area contributed by atoms with E-state index in [2.05, 4.69) is 14.9 Å². The van der Waals surface area contributed by atoms with Gasteiger partial charge < -0.3 is 10.0 Å². The first-order valence-corrected chi connectivity index (χ1v) is 9.97. The highest BCUT2D eigenvalue weighted by Gasteiger charge is 2.25. The van der Waals surface area contributed by atoms with Crippen molar-refractivity contribution in [1.82, 2.24) is 14.9 Å². The molecule has 0 saturated carbocycles. The highest BCUT2D eigenvalue weighted by molar-refractivity contribution is 7.09. The minimum atomic E-state index is -0.846. The molecule has 0 radical (unpaired) electrons. The Kier molecular flexibility index (Phi) is 6.21. The number of carbonyl (C=O) groups is 1. The fourth-order valence-electron chi connectivity index (χ4n) is 3.43. The molecule has 2 aromatic rings. The maximum absolute atomic E-state index is 11.9. The van der Waals surface area contributed by atoms with Crippen molar-refractivity contribution in [1.29, 1.82) is 0 Å². The summed E-state index contributed by atoms with van der Waals surface area (Å²) in [5, 5.41) is 9.74. The predicted octanol–water partition coefficient (Wildman–Crippen LogP) is 3.14. The summed E-state index contributed by atoms with van der Waals surface area (Å²) in [5.41, 5.74) is 3.59. The third kappa shape index (κ3) is 4.40. The van der Waals surface area contributed by atoms with Gasteiger partial charge in [0.05, 0.1) is 11.2 Å². The monoisotopic (exact) mass is 374 g/mol. The minimum absolute atomic E-state index is 0.661. The standard InChI is InChI=1S/C19H26N4O2S/c1-14-16(26-13-21-14)8-11-22(2)18(19(24)25)15-6-7-17(20-12-15)23-9-4-3-5-10-23/h6-7,12-13,18H,3-5,8-11H2,1-2H3,(H,24,25). The molecule has 6 nitrogen and oxygen atoms in total. The van der Waals surface area contributed by atoms with E-state index in [1.165, 1.54) is 24.1 Å². The molecule has 1 unspecified atom stereocenters. The zero-order valence-corrected chi connectivity index (χ0v) is 16.2. The van der Waals surface area contributed by atoms with Crippen LogP contribution in [0.5, 0.6) is 0 Å². The number of aromatic nitrogens is 2. The lowest BCUT2D eigenvalue weighted by atomic mass is 10.1. The van der Waals surface area contributed by atoms with Crippen LogP contribution in [-0.4, -0.2) is 52.6 Å². The Labute approximate surface area is 158 Å². The molecule has 1 atom stereocenters. The lowest BCUT2D eigenvalue weighted by Crippen LogP contribution is -2.33. The van der Waals surface area contributed by atoms with Crippen molar-refractivity contribution in [3.05, 3.63) is 40.0 Å². The molecule has 2 aromatic heterocycles. The largest absolute Gasteiger partial charge is 0.480 e. The third-order valence-corrected chi connectivity index (χ3v) is 5.97. The third-order valence-electron chi connectivity index (χ3n) is 4.98. The van der Waals surface area contributed by atoms with Crippen molar-refractivity contribution in [2.75, 3.05) is 31.6 Å².